The largest absolute Gasteiger partial charge is 0.388 e. The molecule has 0 radical (unpaired) electrons. The fourth-order valence-corrected chi connectivity index (χ4v) is 2.63. The zero-order valence-corrected chi connectivity index (χ0v) is 9.83. The van der Waals surface area contributed by atoms with Crippen molar-refractivity contribution in [3.8, 4) is 0 Å². The number of aromatic nitrogens is 3. The van der Waals surface area contributed by atoms with Gasteiger partial charge in [-0.1, -0.05) is 25.1 Å². The second kappa shape index (κ2) is 4.99. The first-order chi connectivity index (χ1) is 7.36. The van der Waals surface area contributed by atoms with Crippen LogP contribution >= 0.6 is 11.8 Å². The fourth-order valence-electron chi connectivity index (χ4n) is 1.52. The van der Waals surface area contributed by atoms with Gasteiger partial charge in [-0.25, -0.2) is 0 Å². The van der Waals surface area contributed by atoms with Gasteiger partial charge in [-0.05, 0) is 19.3 Å². The summed E-state index contributed by atoms with van der Waals surface area (Å²) in [6.07, 6.45) is 4.81. The first-order valence-electron chi connectivity index (χ1n) is 5.54. The lowest BCUT2D eigenvalue weighted by Crippen LogP contribution is -2.03. The lowest BCUT2D eigenvalue weighted by Gasteiger charge is -2.06. The molecule has 1 aliphatic rings. The van der Waals surface area contributed by atoms with E-state index in [1.165, 1.54) is 25.7 Å². The van der Waals surface area contributed by atoms with Crippen LogP contribution in [0.1, 0.15) is 44.5 Å². The van der Waals surface area contributed by atoms with E-state index in [-0.39, 0.29) is 6.61 Å². The summed E-state index contributed by atoms with van der Waals surface area (Å²) in [5.74, 6) is 1.81. The van der Waals surface area contributed by atoms with Crippen LogP contribution in [0.3, 0.4) is 0 Å². The number of unbranched alkanes of at least 4 members (excludes halogenated alkanes) is 1. The van der Waals surface area contributed by atoms with E-state index < -0.39 is 0 Å². The molecule has 1 aromatic rings. The molecule has 1 aromatic heterocycles. The van der Waals surface area contributed by atoms with Gasteiger partial charge in [0.1, 0.15) is 6.61 Å². The van der Waals surface area contributed by atoms with E-state index in [1.54, 1.807) is 11.8 Å². The molecule has 0 atom stereocenters. The standard InChI is InChI=1S/C10H17N3OS/c1-2-3-6-15-10-12-11-9(7-14)13(10)8-4-5-8/h8,14H,2-7H2,1H3. The minimum atomic E-state index is -0.00215. The van der Waals surface area contributed by atoms with Crippen LogP contribution in [0.2, 0.25) is 0 Å². The molecule has 0 bridgehead atoms. The van der Waals surface area contributed by atoms with E-state index in [2.05, 4.69) is 21.7 Å². The van der Waals surface area contributed by atoms with Gasteiger partial charge in [-0.2, -0.15) is 0 Å². The van der Waals surface area contributed by atoms with Crippen molar-refractivity contribution in [3.63, 3.8) is 0 Å². The van der Waals surface area contributed by atoms with Gasteiger partial charge >= 0.3 is 0 Å². The van der Waals surface area contributed by atoms with E-state index in [1.807, 2.05) is 0 Å². The molecule has 15 heavy (non-hydrogen) atoms. The molecule has 0 spiro atoms. The minimum Gasteiger partial charge on any atom is -0.388 e. The average Bonchev–Trinajstić information content (AvgIpc) is 3.00. The fraction of sp³-hybridized carbons (Fsp3) is 0.800. The Labute approximate surface area is 94.1 Å². The Morgan fingerprint density at radius 2 is 2.27 bits per heavy atom. The van der Waals surface area contributed by atoms with Crippen LogP contribution in [-0.4, -0.2) is 25.6 Å². The first kappa shape index (κ1) is 11.0. The summed E-state index contributed by atoms with van der Waals surface area (Å²) >= 11 is 1.75. The molecule has 0 aliphatic heterocycles. The predicted octanol–water partition coefficient (Wildman–Crippen LogP) is 2.00. The molecule has 0 saturated heterocycles. The van der Waals surface area contributed by atoms with Crippen molar-refractivity contribution >= 4 is 11.8 Å². The van der Waals surface area contributed by atoms with Gasteiger partial charge < -0.3 is 9.67 Å². The van der Waals surface area contributed by atoms with Crippen LogP contribution < -0.4 is 0 Å². The minimum absolute atomic E-state index is 0.00215. The van der Waals surface area contributed by atoms with Crippen molar-refractivity contribution in [3.05, 3.63) is 5.82 Å². The highest BCUT2D eigenvalue weighted by Crippen LogP contribution is 2.38. The number of aliphatic hydroxyl groups is 1. The maximum Gasteiger partial charge on any atom is 0.191 e. The molecule has 1 saturated carbocycles. The molecular weight excluding hydrogens is 210 g/mol. The highest BCUT2D eigenvalue weighted by atomic mass is 32.2. The smallest absolute Gasteiger partial charge is 0.191 e. The third kappa shape index (κ3) is 2.52. The van der Waals surface area contributed by atoms with E-state index in [0.29, 0.717) is 6.04 Å². The quantitative estimate of drug-likeness (QED) is 0.596. The number of hydrogen-bond donors (Lipinski definition) is 1. The van der Waals surface area contributed by atoms with Crippen LogP contribution in [0.15, 0.2) is 5.16 Å². The average molecular weight is 227 g/mol. The summed E-state index contributed by atoms with van der Waals surface area (Å²) in [6, 6.07) is 0.547. The van der Waals surface area contributed by atoms with Crippen LogP contribution in [0, 0.1) is 0 Å². The molecule has 1 aliphatic carbocycles. The normalized spacial score (nSPS) is 15.9. The summed E-state index contributed by atoms with van der Waals surface area (Å²) in [5.41, 5.74) is 0. The molecule has 84 valence electrons. The molecule has 0 amide bonds. The molecule has 0 unspecified atom stereocenters. The van der Waals surface area contributed by atoms with Crippen molar-refractivity contribution in [2.45, 2.75) is 50.4 Å². The van der Waals surface area contributed by atoms with E-state index in [0.717, 1.165) is 16.7 Å². The van der Waals surface area contributed by atoms with Gasteiger partial charge in [-0.15, -0.1) is 10.2 Å². The van der Waals surface area contributed by atoms with Gasteiger partial charge in [-0.3, -0.25) is 0 Å². The lowest BCUT2D eigenvalue weighted by molar-refractivity contribution is 0.263. The number of rotatable bonds is 6. The zero-order chi connectivity index (χ0) is 10.7. The van der Waals surface area contributed by atoms with E-state index >= 15 is 0 Å². The maximum absolute atomic E-state index is 9.15. The second-order valence-corrected chi connectivity index (χ2v) is 4.92. The van der Waals surface area contributed by atoms with Crippen LogP contribution in [0.25, 0.3) is 0 Å². The van der Waals surface area contributed by atoms with Gasteiger partial charge in [0.25, 0.3) is 0 Å². The Hall–Kier alpha value is -0.550. The van der Waals surface area contributed by atoms with Crippen LogP contribution in [0.4, 0.5) is 0 Å². The highest BCUT2D eigenvalue weighted by Gasteiger charge is 2.29. The lowest BCUT2D eigenvalue weighted by atomic mass is 10.4. The SMILES string of the molecule is CCCCSc1nnc(CO)n1C1CC1. The topological polar surface area (TPSA) is 50.9 Å². The van der Waals surface area contributed by atoms with Crippen molar-refractivity contribution in [2.75, 3.05) is 5.75 Å². The zero-order valence-electron chi connectivity index (χ0n) is 9.02. The van der Waals surface area contributed by atoms with Gasteiger partial charge in [0.15, 0.2) is 11.0 Å². The Morgan fingerprint density at radius 3 is 2.87 bits per heavy atom. The predicted molar refractivity (Wildman–Crippen MR) is 59.8 cm³/mol. The summed E-state index contributed by atoms with van der Waals surface area (Å²) in [5, 5.41) is 18.3. The molecule has 1 heterocycles. The van der Waals surface area contributed by atoms with E-state index in [4.69, 9.17) is 5.11 Å². The first-order valence-corrected chi connectivity index (χ1v) is 6.52. The summed E-state index contributed by atoms with van der Waals surface area (Å²) in [4.78, 5) is 0. The molecule has 0 aromatic carbocycles. The third-order valence-corrected chi connectivity index (χ3v) is 3.55. The molecule has 1 N–H and O–H groups in total. The molecular formula is C10H17N3OS. The number of thioether (sulfide) groups is 1. The van der Waals surface area contributed by atoms with Gasteiger partial charge in [0, 0.05) is 11.8 Å². The third-order valence-electron chi connectivity index (χ3n) is 2.52. The molecule has 1 fully saturated rings. The number of aliphatic hydroxyl groups excluding tert-OH is 1. The molecule has 2 rings (SSSR count). The summed E-state index contributed by atoms with van der Waals surface area (Å²) < 4.78 is 2.11. The Morgan fingerprint density at radius 1 is 1.47 bits per heavy atom. The number of hydrogen-bond acceptors (Lipinski definition) is 4. The van der Waals surface area contributed by atoms with Crippen LogP contribution in [-0.2, 0) is 6.61 Å². The highest BCUT2D eigenvalue weighted by molar-refractivity contribution is 7.99. The van der Waals surface area contributed by atoms with Crippen molar-refractivity contribution in [2.24, 2.45) is 0 Å². The Bertz CT molecular complexity index is 322. The van der Waals surface area contributed by atoms with Crippen molar-refractivity contribution < 1.29 is 5.11 Å². The molecule has 4 nitrogen and oxygen atoms in total. The Balaban J connectivity index is 2.05. The molecule has 5 heteroatoms. The summed E-state index contributed by atoms with van der Waals surface area (Å²) in [7, 11) is 0. The van der Waals surface area contributed by atoms with Gasteiger partial charge in [0.05, 0.1) is 0 Å². The number of nitrogens with zero attached hydrogens (tertiary/aromatic N) is 3. The summed E-state index contributed by atoms with van der Waals surface area (Å²) in [6.45, 7) is 2.18. The van der Waals surface area contributed by atoms with Crippen LogP contribution in [0.5, 0.6) is 0 Å². The second-order valence-electron chi connectivity index (χ2n) is 3.86. The maximum atomic E-state index is 9.15. The van der Waals surface area contributed by atoms with Crippen molar-refractivity contribution in [1.82, 2.24) is 14.8 Å². The van der Waals surface area contributed by atoms with Gasteiger partial charge in [0.2, 0.25) is 0 Å². The monoisotopic (exact) mass is 227 g/mol. The Kier molecular flexibility index (Phi) is 3.64. The van der Waals surface area contributed by atoms with Crippen molar-refractivity contribution in [1.29, 1.82) is 0 Å². The van der Waals surface area contributed by atoms with E-state index in [9.17, 15) is 0 Å².